The Labute approximate surface area is 319 Å². The number of allylic oxidation sites excluding steroid dienone is 3. The molecule has 0 aromatic carbocycles. The molecule has 300 valence electrons. The molecule has 0 aliphatic carbocycles. The lowest BCUT2D eigenvalue weighted by Gasteiger charge is -2.36. The molecule has 10 heteroatoms. The first-order valence-electron chi connectivity index (χ1n) is 20.6. The minimum absolute atomic E-state index is 0.111. The number of carbonyl (C=O) groups excluding carboxylic acids is 2. The van der Waals surface area contributed by atoms with Gasteiger partial charge in [0.05, 0.1) is 24.7 Å². The SMILES string of the molecule is CC[C@H](O[Si](CC)(CC)CC)[C@@H](C)[C@H]1O[C@@H]1C[C@H](C)C=CC=C(C)[C@H]1OC(=O)C[C@H](O[Si](CC)(CC)CC)CC[C@@](C)(O)[C@@H](OC(C)=O)C=C[C@@H]1C. The van der Waals surface area contributed by atoms with E-state index in [0.29, 0.717) is 24.7 Å². The quantitative estimate of drug-likeness (QED) is 0.0456. The van der Waals surface area contributed by atoms with Crippen LogP contribution in [0, 0.1) is 17.8 Å². The molecule has 0 aromatic heterocycles. The van der Waals surface area contributed by atoms with E-state index in [2.05, 4.69) is 74.5 Å². The highest BCUT2D eigenvalue weighted by atomic mass is 28.4. The minimum atomic E-state index is -2.06. The molecule has 2 heterocycles. The number of aliphatic hydroxyl groups is 1. The predicted octanol–water partition coefficient (Wildman–Crippen LogP) is 10.1. The van der Waals surface area contributed by atoms with Gasteiger partial charge in [0.25, 0.3) is 0 Å². The number of rotatable bonds is 19. The summed E-state index contributed by atoms with van der Waals surface area (Å²) in [4.78, 5) is 25.7. The maximum Gasteiger partial charge on any atom is 0.308 e. The van der Waals surface area contributed by atoms with Crippen molar-refractivity contribution in [1.82, 2.24) is 0 Å². The summed E-state index contributed by atoms with van der Waals surface area (Å²) >= 11 is 0. The van der Waals surface area contributed by atoms with Gasteiger partial charge in [-0.15, -0.1) is 0 Å². The lowest BCUT2D eigenvalue weighted by molar-refractivity contribution is -0.157. The summed E-state index contributed by atoms with van der Waals surface area (Å²) < 4.78 is 31.8. The van der Waals surface area contributed by atoms with E-state index in [1.54, 1.807) is 13.0 Å². The third-order valence-corrected chi connectivity index (χ3v) is 21.6. The van der Waals surface area contributed by atoms with Crippen LogP contribution in [0.15, 0.2) is 36.0 Å². The van der Waals surface area contributed by atoms with E-state index in [4.69, 9.17) is 23.1 Å². The van der Waals surface area contributed by atoms with E-state index in [1.165, 1.54) is 6.92 Å². The van der Waals surface area contributed by atoms with Crippen LogP contribution < -0.4 is 0 Å². The topological polar surface area (TPSA) is 104 Å². The molecule has 1 saturated heterocycles. The smallest absolute Gasteiger partial charge is 0.308 e. The van der Waals surface area contributed by atoms with Crippen molar-refractivity contribution in [3.63, 3.8) is 0 Å². The Morgan fingerprint density at radius 3 is 2.13 bits per heavy atom. The molecular formula is C42H76O8Si2. The van der Waals surface area contributed by atoms with Gasteiger partial charge in [-0.25, -0.2) is 0 Å². The summed E-state index contributed by atoms with van der Waals surface area (Å²) in [6.45, 7) is 27.1. The molecule has 0 bridgehead atoms. The number of ether oxygens (including phenoxy) is 3. The average Bonchev–Trinajstić information content (AvgIpc) is 3.88. The van der Waals surface area contributed by atoms with Crippen molar-refractivity contribution >= 4 is 28.6 Å². The lowest BCUT2D eigenvalue weighted by atomic mass is 9.88. The third-order valence-electron chi connectivity index (χ3n) is 12.3. The second kappa shape index (κ2) is 21.5. The number of hydrogen-bond donors (Lipinski definition) is 1. The molecule has 2 aliphatic heterocycles. The zero-order valence-electron chi connectivity index (χ0n) is 35.2. The fourth-order valence-electron chi connectivity index (χ4n) is 7.91. The number of carbonyl (C=O) groups is 2. The van der Waals surface area contributed by atoms with Gasteiger partial charge in [-0.3, -0.25) is 9.59 Å². The van der Waals surface area contributed by atoms with Crippen molar-refractivity contribution in [2.75, 3.05) is 0 Å². The van der Waals surface area contributed by atoms with E-state index in [0.717, 1.165) is 54.7 Å². The summed E-state index contributed by atoms with van der Waals surface area (Å²) in [5.74, 6) is -0.322. The van der Waals surface area contributed by atoms with Crippen LogP contribution in [0.5, 0.6) is 0 Å². The Balaban J connectivity index is 2.23. The highest BCUT2D eigenvalue weighted by Crippen LogP contribution is 2.39. The van der Waals surface area contributed by atoms with Gasteiger partial charge in [-0.05, 0) is 93.4 Å². The molecule has 1 fully saturated rings. The minimum Gasteiger partial charge on any atom is -0.457 e. The van der Waals surface area contributed by atoms with Gasteiger partial charge >= 0.3 is 11.9 Å². The fraction of sp³-hybridized carbons (Fsp3) is 0.810. The van der Waals surface area contributed by atoms with E-state index in [1.807, 2.05) is 26.0 Å². The van der Waals surface area contributed by atoms with Crippen molar-refractivity contribution in [2.24, 2.45) is 17.8 Å². The summed E-state index contributed by atoms with van der Waals surface area (Å²) in [5, 5.41) is 11.6. The molecule has 0 unspecified atom stereocenters. The Morgan fingerprint density at radius 1 is 1.00 bits per heavy atom. The Morgan fingerprint density at radius 2 is 1.60 bits per heavy atom. The second-order valence-corrected chi connectivity index (χ2v) is 25.5. The largest absolute Gasteiger partial charge is 0.457 e. The zero-order chi connectivity index (χ0) is 39.3. The number of esters is 2. The second-order valence-electron chi connectivity index (χ2n) is 16.1. The molecular weight excluding hydrogens is 689 g/mol. The summed E-state index contributed by atoms with van der Waals surface area (Å²) in [6, 6.07) is 6.33. The molecule has 0 spiro atoms. The normalized spacial score (nSPS) is 29.9. The molecule has 52 heavy (non-hydrogen) atoms. The van der Waals surface area contributed by atoms with Crippen molar-refractivity contribution in [1.29, 1.82) is 0 Å². The van der Waals surface area contributed by atoms with Gasteiger partial charge in [0.2, 0.25) is 0 Å². The van der Waals surface area contributed by atoms with E-state index < -0.39 is 46.5 Å². The number of epoxide rings is 1. The highest BCUT2D eigenvalue weighted by molar-refractivity contribution is 6.74. The molecule has 0 saturated carbocycles. The Bertz CT molecular complexity index is 1170. The van der Waals surface area contributed by atoms with Crippen LogP contribution in [0.2, 0.25) is 36.3 Å². The van der Waals surface area contributed by atoms with Crippen molar-refractivity contribution in [3.8, 4) is 0 Å². The van der Waals surface area contributed by atoms with Gasteiger partial charge in [0.15, 0.2) is 16.6 Å². The number of hydrogen-bond acceptors (Lipinski definition) is 8. The van der Waals surface area contributed by atoms with Crippen LogP contribution in [-0.4, -0.2) is 75.9 Å². The molecule has 0 aromatic rings. The predicted molar refractivity (Wildman–Crippen MR) is 217 cm³/mol. The van der Waals surface area contributed by atoms with Crippen LogP contribution in [0.1, 0.15) is 122 Å². The average molecular weight is 765 g/mol. The molecule has 0 amide bonds. The summed E-state index contributed by atoms with van der Waals surface area (Å²) in [5.41, 5.74) is -0.425. The lowest BCUT2D eigenvalue weighted by Crippen LogP contribution is -2.45. The molecule has 0 radical (unpaired) electrons. The van der Waals surface area contributed by atoms with Crippen LogP contribution in [0.3, 0.4) is 0 Å². The van der Waals surface area contributed by atoms with E-state index in [-0.39, 0.29) is 36.6 Å². The van der Waals surface area contributed by atoms with Crippen molar-refractivity contribution in [3.05, 3.63) is 36.0 Å². The van der Waals surface area contributed by atoms with Gasteiger partial charge in [-0.1, -0.05) is 93.5 Å². The van der Waals surface area contributed by atoms with E-state index in [9.17, 15) is 14.7 Å². The molecule has 1 N–H and O–H groups in total. The maximum atomic E-state index is 13.6. The molecule has 2 rings (SSSR count). The molecule has 10 atom stereocenters. The Kier molecular flexibility index (Phi) is 19.3. The monoisotopic (exact) mass is 765 g/mol. The molecule has 8 nitrogen and oxygen atoms in total. The maximum absolute atomic E-state index is 13.6. The van der Waals surface area contributed by atoms with Crippen LogP contribution in [0.4, 0.5) is 0 Å². The van der Waals surface area contributed by atoms with E-state index >= 15 is 0 Å². The first kappa shape index (κ1) is 46.6. The van der Waals surface area contributed by atoms with Crippen molar-refractivity contribution in [2.45, 2.75) is 201 Å². The van der Waals surface area contributed by atoms with Crippen LogP contribution in [0.25, 0.3) is 0 Å². The first-order valence-corrected chi connectivity index (χ1v) is 25.7. The van der Waals surface area contributed by atoms with Gasteiger partial charge < -0.3 is 28.2 Å². The first-order chi connectivity index (χ1) is 24.5. The highest BCUT2D eigenvalue weighted by Gasteiger charge is 2.47. The zero-order valence-corrected chi connectivity index (χ0v) is 37.2. The van der Waals surface area contributed by atoms with Crippen molar-refractivity contribution < 1.29 is 37.8 Å². The fourth-order valence-corrected chi connectivity index (χ4v) is 13.8. The summed E-state index contributed by atoms with van der Waals surface area (Å²) in [7, 11) is -3.74. The number of cyclic esters (lactones) is 1. The standard InChI is InChI=1S/C42H76O8Si2/c1-14-36(50-52(18-5,19-6)20-7)33(11)41-37(47-41)28-30(8)22-21-23-31(9)40-32(10)24-25-38(46-34(12)43)42(13,45)27-26-35(29-39(44)48-40)49-51(15-2,16-3)17-4/h21-25,30,32-33,35-38,40-41,45H,14-20,26-29H2,1-13H3/t30-,32+,33-,35-,36+,37-,38+,40-,41-,42-/m1/s1. The third kappa shape index (κ3) is 13.6. The Hall–Kier alpha value is -1.57. The van der Waals surface area contributed by atoms with Gasteiger partial charge in [0, 0.05) is 24.9 Å². The van der Waals surface area contributed by atoms with Crippen LogP contribution >= 0.6 is 0 Å². The summed E-state index contributed by atoms with van der Waals surface area (Å²) in [6.07, 6.45) is 11.7. The van der Waals surface area contributed by atoms with Gasteiger partial charge in [0.1, 0.15) is 17.8 Å². The van der Waals surface area contributed by atoms with Gasteiger partial charge in [-0.2, -0.15) is 0 Å². The molecule has 2 aliphatic rings. The van der Waals surface area contributed by atoms with Crippen LogP contribution in [-0.2, 0) is 32.7 Å².